The molecule has 3 nitrogen and oxygen atoms in total. The maximum atomic E-state index is 12.0. The average molecular weight is 315 g/mol. The Hall–Kier alpha value is -0.930. The van der Waals surface area contributed by atoms with E-state index in [1.165, 1.54) is 12.8 Å². The molecule has 2 amide bonds. The zero-order chi connectivity index (χ0) is 14.5. The Morgan fingerprint density at radius 1 is 1.30 bits per heavy atom. The third kappa shape index (κ3) is 4.88. The Morgan fingerprint density at radius 2 is 1.95 bits per heavy atom. The van der Waals surface area contributed by atoms with Crippen molar-refractivity contribution in [2.45, 2.75) is 26.2 Å². The molecule has 0 spiro atoms. The van der Waals surface area contributed by atoms with Gasteiger partial charge in [0, 0.05) is 29.7 Å². The van der Waals surface area contributed by atoms with Gasteiger partial charge < -0.3 is 10.2 Å². The lowest BCUT2D eigenvalue weighted by molar-refractivity contribution is 0.198. The summed E-state index contributed by atoms with van der Waals surface area (Å²) in [5.74, 6) is 0.715. The Labute approximate surface area is 130 Å². The lowest BCUT2D eigenvalue weighted by Crippen LogP contribution is -2.41. The van der Waals surface area contributed by atoms with E-state index in [9.17, 15) is 4.79 Å². The fourth-order valence-corrected chi connectivity index (χ4v) is 2.72. The molecule has 1 fully saturated rings. The summed E-state index contributed by atoms with van der Waals surface area (Å²) >= 11 is 11.9. The van der Waals surface area contributed by atoms with E-state index in [0.29, 0.717) is 22.5 Å². The van der Waals surface area contributed by atoms with Gasteiger partial charge >= 0.3 is 6.03 Å². The topological polar surface area (TPSA) is 32.3 Å². The first-order chi connectivity index (χ1) is 9.58. The number of amides is 2. The van der Waals surface area contributed by atoms with Crippen LogP contribution in [-0.4, -0.2) is 30.6 Å². The van der Waals surface area contributed by atoms with Crippen LogP contribution in [0, 0.1) is 5.92 Å². The maximum absolute atomic E-state index is 12.0. The molecule has 1 aliphatic rings. The molecule has 1 N–H and O–H groups in total. The van der Waals surface area contributed by atoms with Gasteiger partial charge in [-0.2, -0.15) is 0 Å². The van der Waals surface area contributed by atoms with Crippen LogP contribution < -0.4 is 5.32 Å². The van der Waals surface area contributed by atoms with E-state index in [4.69, 9.17) is 23.2 Å². The fourth-order valence-electron chi connectivity index (χ4n) is 2.15. The zero-order valence-electron chi connectivity index (χ0n) is 11.7. The third-order valence-corrected chi connectivity index (χ3v) is 3.89. The molecule has 0 unspecified atom stereocenters. The van der Waals surface area contributed by atoms with Gasteiger partial charge in [-0.15, -0.1) is 0 Å². The summed E-state index contributed by atoms with van der Waals surface area (Å²) in [5.41, 5.74) is 1.04. The minimum atomic E-state index is 0.0209. The summed E-state index contributed by atoms with van der Waals surface area (Å²) in [5, 5.41) is 4.21. The number of carbonyl (C=O) groups is 1. The molecule has 0 aromatic heterocycles. The molecule has 0 atom stereocenters. The molecular weight excluding hydrogens is 295 g/mol. The van der Waals surface area contributed by atoms with Crippen LogP contribution in [-0.2, 0) is 6.42 Å². The van der Waals surface area contributed by atoms with Crippen molar-refractivity contribution in [3.05, 3.63) is 33.8 Å². The number of nitrogens with zero attached hydrogens (tertiary/aromatic N) is 1. The van der Waals surface area contributed by atoms with E-state index in [1.807, 2.05) is 24.0 Å². The largest absolute Gasteiger partial charge is 0.338 e. The lowest BCUT2D eigenvalue weighted by Gasteiger charge is -2.21. The molecule has 0 aliphatic heterocycles. The van der Waals surface area contributed by atoms with E-state index in [1.54, 1.807) is 6.07 Å². The molecular formula is C15H20Cl2N2O. The maximum Gasteiger partial charge on any atom is 0.317 e. The number of benzene rings is 1. The third-order valence-electron chi connectivity index (χ3n) is 3.46. The second-order valence-corrected chi connectivity index (χ2v) is 6.11. The van der Waals surface area contributed by atoms with E-state index in [-0.39, 0.29) is 6.03 Å². The van der Waals surface area contributed by atoms with E-state index < -0.39 is 0 Å². The van der Waals surface area contributed by atoms with Gasteiger partial charge in [-0.3, -0.25) is 0 Å². The summed E-state index contributed by atoms with van der Waals surface area (Å²) in [6.07, 6.45) is 3.24. The first kappa shape index (κ1) is 15.5. The number of urea groups is 1. The van der Waals surface area contributed by atoms with Gasteiger partial charge in [0.05, 0.1) is 0 Å². The quantitative estimate of drug-likeness (QED) is 0.846. The van der Waals surface area contributed by atoms with Gasteiger partial charge in [-0.1, -0.05) is 23.2 Å². The average Bonchev–Trinajstić information content (AvgIpc) is 3.18. The molecule has 1 aromatic carbocycles. The van der Waals surface area contributed by atoms with Gasteiger partial charge in [-0.25, -0.2) is 4.79 Å². The van der Waals surface area contributed by atoms with E-state index >= 15 is 0 Å². The molecule has 5 heteroatoms. The highest BCUT2D eigenvalue weighted by Crippen LogP contribution is 2.29. The number of hydrogen-bond acceptors (Lipinski definition) is 1. The summed E-state index contributed by atoms with van der Waals surface area (Å²) < 4.78 is 0. The second-order valence-electron chi connectivity index (χ2n) is 5.24. The van der Waals surface area contributed by atoms with Crippen LogP contribution in [0.4, 0.5) is 4.79 Å². The molecule has 1 aromatic rings. The summed E-state index contributed by atoms with van der Waals surface area (Å²) in [6, 6.07) is 5.48. The number of hydrogen-bond donors (Lipinski definition) is 1. The molecule has 0 radical (unpaired) electrons. The van der Waals surface area contributed by atoms with Gasteiger partial charge in [0.25, 0.3) is 0 Å². The molecule has 110 valence electrons. The zero-order valence-corrected chi connectivity index (χ0v) is 13.2. The van der Waals surface area contributed by atoms with Crippen LogP contribution in [0.5, 0.6) is 0 Å². The molecule has 0 heterocycles. The van der Waals surface area contributed by atoms with E-state index in [2.05, 4.69) is 5.32 Å². The fraction of sp³-hybridized carbons (Fsp3) is 0.533. The van der Waals surface area contributed by atoms with Crippen LogP contribution in [0.3, 0.4) is 0 Å². The number of halogens is 2. The highest BCUT2D eigenvalue weighted by atomic mass is 35.5. The smallest absolute Gasteiger partial charge is 0.317 e. The van der Waals surface area contributed by atoms with Gasteiger partial charge in [0.1, 0.15) is 0 Å². The first-order valence-electron chi connectivity index (χ1n) is 7.06. The summed E-state index contributed by atoms with van der Waals surface area (Å²) in [4.78, 5) is 13.9. The Bertz CT molecular complexity index is 455. The Balaban J connectivity index is 1.77. The van der Waals surface area contributed by atoms with Crippen molar-refractivity contribution in [3.63, 3.8) is 0 Å². The van der Waals surface area contributed by atoms with Crippen molar-refractivity contribution in [1.29, 1.82) is 0 Å². The predicted octanol–water partition coefficient (Wildman–Crippen LogP) is 3.98. The molecule has 0 saturated heterocycles. The van der Waals surface area contributed by atoms with Crippen LogP contribution in [0.1, 0.15) is 25.3 Å². The molecule has 2 rings (SSSR count). The van der Waals surface area contributed by atoms with Crippen molar-refractivity contribution in [2.75, 3.05) is 19.6 Å². The lowest BCUT2D eigenvalue weighted by atomic mass is 10.1. The van der Waals surface area contributed by atoms with Gasteiger partial charge in [-0.05, 0) is 55.9 Å². The van der Waals surface area contributed by atoms with Crippen LogP contribution >= 0.6 is 23.2 Å². The molecule has 20 heavy (non-hydrogen) atoms. The van der Waals surface area contributed by atoms with Gasteiger partial charge in [0.15, 0.2) is 0 Å². The van der Waals surface area contributed by atoms with Crippen molar-refractivity contribution >= 4 is 29.2 Å². The normalized spacial score (nSPS) is 14.2. The highest BCUT2D eigenvalue weighted by Gasteiger charge is 2.25. The second kappa shape index (κ2) is 7.19. The van der Waals surface area contributed by atoms with Gasteiger partial charge in [0.2, 0.25) is 0 Å². The van der Waals surface area contributed by atoms with Crippen LogP contribution in [0.15, 0.2) is 18.2 Å². The Morgan fingerprint density at radius 3 is 2.50 bits per heavy atom. The first-order valence-corrected chi connectivity index (χ1v) is 7.82. The van der Waals surface area contributed by atoms with Crippen molar-refractivity contribution in [1.82, 2.24) is 10.2 Å². The minimum absolute atomic E-state index is 0.0209. The molecule has 0 bridgehead atoms. The van der Waals surface area contributed by atoms with Crippen molar-refractivity contribution in [2.24, 2.45) is 5.92 Å². The number of nitrogens with one attached hydrogen (secondary N) is 1. The van der Waals surface area contributed by atoms with Crippen LogP contribution in [0.25, 0.3) is 0 Å². The van der Waals surface area contributed by atoms with Crippen LogP contribution in [0.2, 0.25) is 10.0 Å². The predicted molar refractivity (Wildman–Crippen MR) is 83.5 cm³/mol. The highest BCUT2D eigenvalue weighted by molar-refractivity contribution is 6.34. The summed E-state index contributed by atoms with van der Waals surface area (Å²) in [7, 11) is 0. The minimum Gasteiger partial charge on any atom is -0.338 e. The van der Waals surface area contributed by atoms with Crippen molar-refractivity contribution < 1.29 is 4.79 Å². The standard InChI is InChI=1S/C15H20Cl2N2O/c1-2-19(10-11-3-4-11)15(20)18-6-5-12-7-13(16)9-14(17)8-12/h7-9,11H,2-6,10H2,1H3,(H,18,20). The van der Waals surface area contributed by atoms with E-state index in [0.717, 1.165) is 25.1 Å². The number of carbonyl (C=O) groups excluding carboxylic acids is 1. The SMILES string of the molecule is CCN(CC1CC1)C(=O)NCCc1cc(Cl)cc(Cl)c1. The van der Waals surface area contributed by atoms with Crippen molar-refractivity contribution in [3.8, 4) is 0 Å². The molecule has 1 aliphatic carbocycles. The summed E-state index contributed by atoms with van der Waals surface area (Å²) in [6.45, 7) is 4.24. The Kier molecular flexibility index (Phi) is 5.55. The number of rotatable bonds is 6. The molecule has 1 saturated carbocycles. The monoisotopic (exact) mass is 314 g/mol.